The van der Waals surface area contributed by atoms with Crippen LogP contribution in [-0.2, 0) is 16.8 Å². The van der Waals surface area contributed by atoms with Gasteiger partial charge in [-0.15, -0.1) is 0 Å². The van der Waals surface area contributed by atoms with Crippen LogP contribution in [0.2, 0.25) is 0 Å². The van der Waals surface area contributed by atoms with Crippen molar-refractivity contribution < 1.29 is 9.53 Å². The van der Waals surface area contributed by atoms with E-state index in [0.717, 1.165) is 28.8 Å². The third kappa shape index (κ3) is 2.86. The molecular formula is C22H20N4O2. The zero-order valence-corrected chi connectivity index (χ0v) is 15.4. The van der Waals surface area contributed by atoms with Gasteiger partial charge in [0.2, 0.25) is 0 Å². The summed E-state index contributed by atoms with van der Waals surface area (Å²) in [6.07, 6.45) is 6.20. The van der Waals surface area contributed by atoms with Gasteiger partial charge in [0.05, 0.1) is 24.3 Å². The predicted octanol–water partition coefficient (Wildman–Crippen LogP) is 2.85. The first kappa shape index (κ1) is 17.0. The molecule has 6 heteroatoms. The van der Waals surface area contributed by atoms with Crippen molar-refractivity contribution in [3.8, 4) is 11.4 Å². The van der Waals surface area contributed by atoms with E-state index in [4.69, 9.17) is 9.72 Å². The van der Waals surface area contributed by atoms with Crippen molar-refractivity contribution in [2.75, 3.05) is 19.7 Å². The molecule has 1 fully saturated rings. The first-order chi connectivity index (χ1) is 13.8. The number of hydrogen-bond donors (Lipinski definition) is 0. The van der Waals surface area contributed by atoms with Crippen LogP contribution in [0.25, 0.3) is 11.4 Å². The van der Waals surface area contributed by atoms with Gasteiger partial charge in [-0.3, -0.25) is 9.78 Å². The van der Waals surface area contributed by atoms with Gasteiger partial charge < -0.3 is 9.64 Å². The second kappa shape index (κ2) is 6.80. The molecule has 3 aromatic rings. The minimum absolute atomic E-state index is 0.0612. The number of aromatic nitrogens is 3. The standard InChI is InChI=1S/C22H20N4O2/c27-21(16-5-2-1-3-6-16)26-10-8-22(14-26)15-28-13-18-12-24-20(25-19(18)22)17-7-4-9-23-11-17/h1-7,9,11-12H,8,10,13-15H2. The third-order valence-electron chi connectivity index (χ3n) is 5.58. The Balaban J connectivity index is 1.48. The van der Waals surface area contributed by atoms with Crippen molar-refractivity contribution in [3.63, 3.8) is 0 Å². The molecule has 1 aromatic carbocycles. The lowest BCUT2D eigenvalue weighted by atomic mass is 9.80. The average Bonchev–Trinajstić information content (AvgIpc) is 3.19. The van der Waals surface area contributed by atoms with Crippen molar-refractivity contribution in [3.05, 3.63) is 77.9 Å². The molecule has 0 saturated carbocycles. The van der Waals surface area contributed by atoms with Gasteiger partial charge in [0, 0.05) is 48.4 Å². The van der Waals surface area contributed by atoms with Gasteiger partial charge in [0.1, 0.15) is 0 Å². The lowest BCUT2D eigenvalue weighted by molar-refractivity contribution is 0.0485. The Morgan fingerprint density at radius 3 is 2.82 bits per heavy atom. The monoisotopic (exact) mass is 372 g/mol. The number of carbonyl (C=O) groups excluding carboxylic acids is 1. The predicted molar refractivity (Wildman–Crippen MR) is 104 cm³/mol. The van der Waals surface area contributed by atoms with Gasteiger partial charge in [-0.2, -0.15) is 0 Å². The summed E-state index contributed by atoms with van der Waals surface area (Å²) in [5, 5.41) is 0. The average molecular weight is 372 g/mol. The molecule has 140 valence electrons. The van der Waals surface area contributed by atoms with E-state index in [2.05, 4.69) is 9.97 Å². The molecule has 0 bridgehead atoms. The number of fused-ring (bicyclic) bond motifs is 2. The van der Waals surface area contributed by atoms with E-state index in [1.54, 1.807) is 12.4 Å². The van der Waals surface area contributed by atoms with Gasteiger partial charge >= 0.3 is 0 Å². The smallest absolute Gasteiger partial charge is 0.253 e. The quantitative estimate of drug-likeness (QED) is 0.692. The van der Waals surface area contributed by atoms with E-state index in [0.29, 0.717) is 32.1 Å². The van der Waals surface area contributed by atoms with Crippen molar-refractivity contribution in [2.24, 2.45) is 0 Å². The van der Waals surface area contributed by atoms with Crippen LogP contribution in [0.15, 0.2) is 61.1 Å². The fourth-order valence-electron chi connectivity index (χ4n) is 4.15. The Morgan fingerprint density at radius 2 is 2.00 bits per heavy atom. The summed E-state index contributed by atoms with van der Waals surface area (Å²) in [7, 11) is 0. The highest BCUT2D eigenvalue weighted by Crippen LogP contribution is 2.39. The lowest BCUT2D eigenvalue weighted by Gasteiger charge is -2.34. The summed E-state index contributed by atoms with van der Waals surface area (Å²) in [6.45, 7) is 2.39. The minimum Gasteiger partial charge on any atom is -0.376 e. The van der Waals surface area contributed by atoms with E-state index in [-0.39, 0.29) is 11.3 Å². The summed E-state index contributed by atoms with van der Waals surface area (Å²) in [6, 6.07) is 13.3. The van der Waals surface area contributed by atoms with Crippen LogP contribution in [0, 0.1) is 0 Å². The number of hydrogen-bond acceptors (Lipinski definition) is 5. The van der Waals surface area contributed by atoms with Gasteiger partial charge in [0.25, 0.3) is 5.91 Å². The molecule has 1 amide bonds. The highest BCUT2D eigenvalue weighted by Gasteiger charge is 2.46. The maximum atomic E-state index is 12.9. The molecule has 0 aliphatic carbocycles. The molecule has 2 aliphatic heterocycles. The minimum atomic E-state index is -0.280. The lowest BCUT2D eigenvalue weighted by Crippen LogP contribution is -2.41. The maximum absolute atomic E-state index is 12.9. The Hall–Kier alpha value is -3.12. The molecular weight excluding hydrogens is 352 g/mol. The Labute approximate surface area is 163 Å². The van der Waals surface area contributed by atoms with Crippen molar-refractivity contribution in [2.45, 2.75) is 18.4 Å². The third-order valence-corrected chi connectivity index (χ3v) is 5.58. The van der Waals surface area contributed by atoms with E-state index >= 15 is 0 Å². The summed E-state index contributed by atoms with van der Waals surface area (Å²) < 4.78 is 5.88. The SMILES string of the molecule is O=C(c1ccccc1)N1CCC2(COCc3cnc(-c4cccnc4)nc32)C1. The van der Waals surface area contributed by atoms with Crippen LogP contribution in [0.3, 0.4) is 0 Å². The number of amides is 1. The van der Waals surface area contributed by atoms with Crippen LogP contribution in [-0.4, -0.2) is 45.5 Å². The number of carbonyl (C=O) groups is 1. The Morgan fingerprint density at radius 1 is 1.11 bits per heavy atom. The molecule has 0 N–H and O–H groups in total. The first-order valence-electron chi connectivity index (χ1n) is 9.44. The highest BCUT2D eigenvalue weighted by atomic mass is 16.5. The summed E-state index contributed by atoms with van der Waals surface area (Å²) in [5.41, 5.74) is 3.35. The number of likely N-dealkylation sites (tertiary alicyclic amines) is 1. The normalized spacial score (nSPS) is 20.9. The zero-order chi connectivity index (χ0) is 19.0. The van der Waals surface area contributed by atoms with E-state index in [9.17, 15) is 4.79 Å². The summed E-state index contributed by atoms with van der Waals surface area (Å²) in [5.74, 6) is 0.729. The van der Waals surface area contributed by atoms with Gasteiger partial charge in [-0.05, 0) is 30.7 Å². The topological polar surface area (TPSA) is 68.2 Å². The van der Waals surface area contributed by atoms with E-state index < -0.39 is 0 Å². The Bertz CT molecular complexity index is 1010. The van der Waals surface area contributed by atoms with E-state index in [1.165, 1.54) is 0 Å². The van der Waals surface area contributed by atoms with Crippen LogP contribution in [0.1, 0.15) is 28.0 Å². The fourth-order valence-corrected chi connectivity index (χ4v) is 4.15. The fraction of sp³-hybridized carbons (Fsp3) is 0.273. The molecule has 1 spiro atoms. The van der Waals surface area contributed by atoms with Crippen LogP contribution in [0.5, 0.6) is 0 Å². The molecule has 0 radical (unpaired) electrons. The maximum Gasteiger partial charge on any atom is 0.253 e. The molecule has 6 nitrogen and oxygen atoms in total. The van der Waals surface area contributed by atoms with Gasteiger partial charge in [-0.1, -0.05) is 18.2 Å². The zero-order valence-electron chi connectivity index (χ0n) is 15.4. The highest BCUT2D eigenvalue weighted by molar-refractivity contribution is 5.94. The molecule has 1 atom stereocenters. The number of pyridine rings is 1. The largest absolute Gasteiger partial charge is 0.376 e. The van der Waals surface area contributed by atoms with Gasteiger partial charge in [0.15, 0.2) is 5.82 Å². The summed E-state index contributed by atoms with van der Waals surface area (Å²) >= 11 is 0. The number of nitrogens with zero attached hydrogens (tertiary/aromatic N) is 4. The van der Waals surface area contributed by atoms with Crippen LogP contribution in [0.4, 0.5) is 0 Å². The first-order valence-corrected chi connectivity index (χ1v) is 9.44. The molecule has 28 heavy (non-hydrogen) atoms. The second-order valence-electron chi connectivity index (χ2n) is 7.43. The number of benzene rings is 1. The molecule has 5 rings (SSSR count). The molecule has 4 heterocycles. The van der Waals surface area contributed by atoms with Crippen molar-refractivity contribution >= 4 is 5.91 Å². The molecule has 1 unspecified atom stereocenters. The van der Waals surface area contributed by atoms with Crippen molar-refractivity contribution in [1.29, 1.82) is 0 Å². The van der Waals surface area contributed by atoms with Gasteiger partial charge in [-0.25, -0.2) is 9.97 Å². The second-order valence-corrected chi connectivity index (χ2v) is 7.43. The molecule has 2 aliphatic rings. The number of ether oxygens (including phenoxy) is 1. The van der Waals surface area contributed by atoms with E-state index in [1.807, 2.05) is 53.6 Å². The molecule has 1 saturated heterocycles. The Kier molecular flexibility index (Phi) is 4.13. The van der Waals surface area contributed by atoms with Crippen molar-refractivity contribution in [1.82, 2.24) is 19.9 Å². The van der Waals surface area contributed by atoms with Crippen LogP contribution < -0.4 is 0 Å². The summed E-state index contributed by atoms with van der Waals surface area (Å²) in [4.78, 5) is 28.4. The number of rotatable bonds is 2. The van der Waals surface area contributed by atoms with Crippen LogP contribution >= 0.6 is 0 Å². The molecule has 2 aromatic heterocycles.